The Bertz CT molecular complexity index is 733. The summed E-state index contributed by atoms with van der Waals surface area (Å²) in [6.07, 6.45) is 0. The number of nitrogens with one attached hydrogen (secondary N) is 1. The third-order valence-corrected chi connectivity index (χ3v) is 3.47. The van der Waals surface area contributed by atoms with Gasteiger partial charge in [-0.3, -0.25) is 14.9 Å². The predicted molar refractivity (Wildman–Crippen MR) is 92.4 cm³/mol. The van der Waals surface area contributed by atoms with E-state index in [0.717, 1.165) is 0 Å². The van der Waals surface area contributed by atoms with Gasteiger partial charge < -0.3 is 10.1 Å². The smallest absolute Gasteiger partial charge is 0.292 e. The maximum atomic E-state index is 11.9. The number of rotatable bonds is 5. The molecule has 0 aliphatic heterocycles. The fourth-order valence-electron chi connectivity index (χ4n) is 2.12. The average molecular weight is 328 g/mol. The van der Waals surface area contributed by atoms with Crippen molar-refractivity contribution >= 4 is 17.3 Å². The van der Waals surface area contributed by atoms with E-state index < -0.39 is 10.8 Å². The van der Waals surface area contributed by atoms with Crippen LogP contribution in [0.1, 0.15) is 26.3 Å². The largest absolute Gasteiger partial charge is 0.484 e. The lowest BCUT2D eigenvalue weighted by Crippen LogP contribution is -2.20. The van der Waals surface area contributed by atoms with Gasteiger partial charge in [-0.2, -0.15) is 0 Å². The number of para-hydroxylation sites is 2. The molecule has 0 saturated heterocycles. The minimum absolute atomic E-state index is 0.0438. The van der Waals surface area contributed by atoms with Crippen LogP contribution in [0.3, 0.4) is 0 Å². The predicted octanol–water partition coefficient (Wildman–Crippen LogP) is 3.91. The van der Waals surface area contributed by atoms with Crippen molar-refractivity contribution in [3.05, 3.63) is 64.2 Å². The number of amides is 1. The van der Waals surface area contributed by atoms with Crippen LogP contribution in [0, 0.1) is 10.1 Å². The summed E-state index contributed by atoms with van der Waals surface area (Å²) in [6.45, 7) is 6.12. The van der Waals surface area contributed by atoms with Crippen LogP contribution < -0.4 is 10.1 Å². The summed E-state index contributed by atoms with van der Waals surface area (Å²) < 4.78 is 5.43. The first-order valence-corrected chi connectivity index (χ1v) is 7.54. The number of nitro groups is 1. The molecule has 0 saturated carbocycles. The summed E-state index contributed by atoms with van der Waals surface area (Å²) in [7, 11) is 0. The highest BCUT2D eigenvalue weighted by Crippen LogP contribution is 2.25. The second kappa shape index (κ2) is 7.12. The number of nitrogens with zero attached hydrogens (tertiary/aromatic N) is 1. The van der Waals surface area contributed by atoms with Crippen molar-refractivity contribution in [3.8, 4) is 5.75 Å². The third kappa shape index (κ3) is 4.55. The van der Waals surface area contributed by atoms with Crippen molar-refractivity contribution in [1.82, 2.24) is 0 Å². The molecule has 0 fully saturated rings. The molecule has 2 aromatic carbocycles. The molecule has 6 nitrogen and oxygen atoms in total. The van der Waals surface area contributed by atoms with E-state index >= 15 is 0 Å². The Labute approximate surface area is 140 Å². The van der Waals surface area contributed by atoms with Crippen molar-refractivity contribution in [2.45, 2.75) is 26.2 Å². The van der Waals surface area contributed by atoms with Gasteiger partial charge >= 0.3 is 0 Å². The number of hydrogen-bond donors (Lipinski definition) is 1. The van der Waals surface area contributed by atoms with Crippen molar-refractivity contribution in [3.63, 3.8) is 0 Å². The molecule has 0 spiro atoms. The minimum Gasteiger partial charge on any atom is -0.484 e. The number of hydrogen-bond acceptors (Lipinski definition) is 4. The molecule has 0 radical (unpaired) electrons. The van der Waals surface area contributed by atoms with Gasteiger partial charge in [0.05, 0.1) is 4.92 Å². The highest BCUT2D eigenvalue weighted by molar-refractivity contribution is 5.94. The standard InChI is InChI=1S/C18H20N2O4/c1-18(2,3)13-8-10-14(11-9-13)24-12-17(21)19-15-6-4-5-7-16(15)20(22)23/h4-11H,12H2,1-3H3,(H,19,21). The highest BCUT2D eigenvalue weighted by atomic mass is 16.6. The maximum Gasteiger partial charge on any atom is 0.292 e. The Hall–Kier alpha value is -2.89. The van der Waals surface area contributed by atoms with E-state index in [0.29, 0.717) is 5.75 Å². The van der Waals surface area contributed by atoms with E-state index in [1.54, 1.807) is 24.3 Å². The van der Waals surface area contributed by atoms with Crippen LogP contribution in [0.4, 0.5) is 11.4 Å². The van der Waals surface area contributed by atoms with E-state index in [1.807, 2.05) is 12.1 Å². The molecule has 0 aliphatic rings. The number of anilines is 1. The van der Waals surface area contributed by atoms with Gasteiger partial charge in [-0.1, -0.05) is 45.0 Å². The lowest BCUT2D eigenvalue weighted by molar-refractivity contribution is -0.383. The Morgan fingerprint density at radius 3 is 2.33 bits per heavy atom. The van der Waals surface area contributed by atoms with Crippen molar-refractivity contribution in [2.24, 2.45) is 0 Å². The van der Waals surface area contributed by atoms with Crippen molar-refractivity contribution in [2.75, 3.05) is 11.9 Å². The number of carbonyl (C=O) groups is 1. The zero-order valence-corrected chi connectivity index (χ0v) is 13.9. The average Bonchev–Trinajstić information content (AvgIpc) is 2.53. The van der Waals surface area contributed by atoms with E-state index in [9.17, 15) is 14.9 Å². The number of nitro benzene ring substituents is 1. The Morgan fingerprint density at radius 1 is 1.12 bits per heavy atom. The summed E-state index contributed by atoms with van der Waals surface area (Å²) in [4.78, 5) is 22.3. The Balaban J connectivity index is 1.96. The molecule has 1 N–H and O–H groups in total. The van der Waals surface area contributed by atoms with Gasteiger partial charge in [-0.05, 0) is 29.2 Å². The fraction of sp³-hybridized carbons (Fsp3) is 0.278. The van der Waals surface area contributed by atoms with Gasteiger partial charge in [-0.25, -0.2) is 0 Å². The van der Waals surface area contributed by atoms with Crippen LogP contribution >= 0.6 is 0 Å². The summed E-state index contributed by atoms with van der Waals surface area (Å²) in [5.41, 5.74) is 1.21. The maximum absolute atomic E-state index is 11.9. The second-order valence-corrected chi connectivity index (χ2v) is 6.39. The van der Waals surface area contributed by atoms with Crippen molar-refractivity contribution in [1.29, 1.82) is 0 Å². The molecule has 0 bridgehead atoms. The van der Waals surface area contributed by atoms with Crippen LogP contribution in [-0.2, 0) is 10.2 Å². The normalized spacial score (nSPS) is 11.0. The van der Waals surface area contributed by atoms with Gasteiger partial charge in [0, 0.05) is 6.07 Å². The Morgan fingerprint density at radius 2 is 1.75 bits per heavy atom. The van der Waals surface area contributed by atoms with Gasteiger partial charge in [0.2, 0.25) is 0 Å². The molecular weight excluding hydrogens is 308 g/mol. The molecule has 0 aromatic heterocycles. The lowest BCUT2D eigenvalue weighted by atomic mass is 9.87. The van der Waals surface area contributed by atoms with E-state index in [1.165, 1.54) is 17.7 Å². The zero-order chi connectivity index (χ0) is 17.7. The Kier molecular flexibility index (Phi) is 5.18. The first-order valence-electron chi connectivity index (χ1n) is 7.54. The summed E-state index contributed by atoms with van der Waals surface area (Å²) >= 11 is 0. The lowest BCUT2D eigenvalue weighted by Gasteiger charge is -2.19. The van der Waals surface area contributed by atoms with E-state index in [2.05, 4.69) is 26.1 Å². The van der Waals surface area contributed by atoms with Gasteiger partial charge in [0.15, 0.2) is 6.61 Å². The van der Waals surface area contributed by atoms with Gasteiger partial charge in [-0.15, -0.1) is 0 Å². The van der Waals surface area contributed by atoms with Gasteiger partial charge in [0.25, 0.3) is 11.6 Å². The molecule has 1 amide bonds. The number of benzene rings is 2. The second-order valence-electron chi connectivity index (χ2n) is 6.39. The third-order valence-electron chi connectivity index (χ3n) is 3.47. The first kappa shape index (κ1) is 17.5. The fourth-order valence-corrected chi connectivity index (χ4v) is 2.12. The highest BCUT2D eigenvalue weighted by Gasteiger charge is 2.15. The molecular formula is C18H20N2O4. The molecule has 126 valence electrons. The molecule has 2 rings (SSSR count). The quantitative estimate of drug-likeness (QED) is 0.666. The number of carbonyl (C=O) groups excluding carboxylic acids is 1. The zero-order valence-electron chi connectivity index (χ0n) is 13.9. The summed E-state index contributed by atoms with van der Waals surface area (Å²) in [5.74, 6) is 0.116. The van der Waals surface area contributed by atoms with Crippen molar-refractivity contribution < 1.29 is 14.5 Å². The molecule has 6 heteroatoms. The van der Waals surface area contributed by atoms with Gasteiger partial charge in [0.1, 0.15) is 11.4 Å². The van der Waals surface area contributed by atoms with Crippen LogP contribution in [-0.4, -0.2) is 17.4 Å². The SMILES string of the molecule is CC(C)(C)c1ccc(OCC(=O)Nc2ccccc2[N+](=O)[O-])cc1. The summed E-state index contributed by atoms with van der Waals surface area (Å²) in [6, 6.07) is 13.5. The molecule has 0 unspecified atom stereocenters. The molecule has 0 aliphatic carbocycles. The van der Waals surface area contributed by atoms with Crippen LogP contribution in [0.5, 0.6) is 5.75 Å². The summed E-state index contributed by atoms with van der Waals surface area (Å²) in [5, 5.41) is 13.4. The van der Waals surface area contributed by atoms with E-state index in [4.69, 9.17) is 4.74 Å². The molecule has 24 heavy (non-hydrogen) atoms. The topological polar surface area (TPSA) is 81.5 Å². The number of ether oxygens (including phenoxy) is 1. The van der Waals surface area contributed by atoms with Crippen LogP contribution in [0.15, 0.2) is 48.5 Å². The first-order chi connectivity index (χ1) is 11.3. The molecule has 0 atom stereocenters. The molecule has 0 heterocycles. The monoisotopic (exact) mass is 328 g/mol. The van der Waals surface area contributed by atoms with Crippen LogP contribution in [0.2, 0.25) is 0 Å². The molecule has 2 aromatic rings. The van der Waals surface area contributed by atoms with Crippen LogP contribution in [0.25, 0.3) is 0 Å². The minimum atomic E-state index is -0.540. The van der Waals surface area contributed by atoms with E-state index in [-0.39, 0.29) is 23.4 Å².